The number of carbonyl (C=O) groups is 3. The Morgan fingerprint density at radius 1 is 0.743 bits per heavy atom. The molecular weight excluding hydrogens is 450 g/mol. The van der Waals surface area contributed by atoms with Crippen molar-refractivity contribution in [2.75, 3.05) is 52.5 Å². The molecule has 2 saturated heterocycles. The van der Waals surface area contributed by atoms with E-state index in [1.165, 1.54) is 4.90 Å². The highest BCUT2D eigenvalue weighted by molar-refractivity contribution is 5.79. The molecule has 3 amide bonds. The maximum absolute atomic E-state index is 12.9. The van der Waals surface area contributed by atoms with Crippen molar-refractivity contribution in [1.82, 2.24) is 14.7 Å². The van der Waals surface area contributed by atoms with Gasteiger partial charge >= 0.3 is 18.1 Å². The Balaban J connectivity index is 1.33. The SMILES string of the molecule is O=C(OCc1ccccc1)C(Cc1ccccc1)OC(=O)N1CCN(C(=O)N2CCOCC2)CC1. The zero-order chi connectivity index (χ0) is 24.5. The van der Waals surface area contributed by atoms with Gasteiger partial charge in [0, 0.05) is 45.7 Å². The zero-order valence-corrected chi connectivity index (χ0v) is 19.7. The number of esters is 1. The van der Waals surface area contributed by atoms with E-state index in [1.54, 1.807) is 9.80 Å². The lowest BCUT2D eigenvalue weighted by Crippen LogP contribution is -2.56. The number of amides is 3. The van der Waals surface area contributed by atoms with E-state index in [1.807, 2.05) is 60.7 Å². The highest BCUT2D eigenvalue weighted by atomic mass is 16.6. The standard InChI is InChI=1S/C26H31N3O6/c30-24(34-20-22-9-5-2-6-10-22)23(19-21-7-3-1-4-8-21)35-26(32)29-13-11-27(12-14-29)25(31)28-15-17-33-18-16-28/h1-10,23H,11-20H2. The average Bonchev–Trinajstić information content (AvgIpc) is 2.92. The predicted molar refractivity (Wildman–Crippen MR) is 128 cm³/mol. The highest BCUT2D eigenvalue weighted by Crippen LogP contribution is 2.14. The van der Waals surface area contributed by atoms with E-state index in [9.17, 15) is 14.4 Å². The van der Waals surface area contributed by atoms with Crippen LogP contribution in [0.1, 0.15) is 11.1 Å². The number of piperazine rings is 1. The number of morpholine rings is 1. The van der Waals surface area contributed by atoms with Crippen LogP contribution < -0.4 is 0 Å². The fraction of sp³-hybridized carbons (Fsp3) is 0.423. The second-order valence-electron chi connectivity index (χ2n) is 8.51. The molecule has 2 fully saturated rings. The van der Waals surface area contributed by atoms with Crippen molar-refractivity contribution >= 4 is 18.1 Å². The summed E-state index contributed by atoms with van der Waals surface area (Å²) in [6, 6.07) is 18.7. The molecule has 0 aromatic heterocycles. The lowest BCUT2D eigenvalue weighted by molar-refractivity contribution is -0.155. The van der Waals surface area contributed by atoms with E-state index < -0.39 is 18.2 Å². The van der Waals surface area contributed by atoms with Gasteiger partial charge in [0.1, 0.15) is 6.61 Å². The Morgan fingerprint density at radius 2 is 1.29 bits per heavy atom. The molecule has 0 spiro atoms. The average molecular weight is 482 g/mol. The van der Waals surface area contributed by atoms with Crippen molar-refractivity contribution < 1.29 is 28.6 Å². The molecule has 2 heterocycles. The van der Waals surface area contributed by atoms with Crippen molar-refractivity contribution in [3.05, 3.63) is 71.8 Å². The second kappa shape index (κ2) is 12.2. The number of hydrogen-bond acceptors (Lipinski definition) is 6. The van der Waals surface area contributed by atoms with Crippen LogP contribution in [-0.2, 0) is 32.0 Å². The van der Waals surface area contributed by atoms with Gasteiger partial charge in [-0.3, -0.25) is 0 Å². The third kappa shape index (κ3) is 6.95. The molecule has 0 radical (unpaired) electrons. The number of hydrogen-bond donors (Lipinski definition) is 0. The molecule has 0 N–H and O–H groups in total. The van der Waals surface area contributed by atoms with Crippen LogP contribution in [0.25, 0.3) is 0 Å². The highest BCUT2D eigenvalue weighted by Gasteiger charge is 2.32. The first-order valence-electron chi connectivity index (χ1n) is 11.9. The normalized spacial score (nSPS) is 17.0. The van der Waals surface area contributed by atoms with Gasteiger partial charge in [0.25, 0.3) is 0 Å². The minimum Gasteiger partial charge on any atom is -0.458 e. The van der Waals surface area contributed by atoms with Crippen molar-refractivity contribution in [2.45, 2.75) is 19.1 Å². The lowest BCUT2D eigenvalue weighted by Gasteiger charge is -2.38. The lowest BCUT2D eigenvalue weighted by atomic mass is 10.1. The number of benzene rings is 2. The molecule has 0 aliphatic carbocycles. The Kier molecular flexibility index (Phi) is 8.56. The van der Waals surface area contributed by atoms with Gasteiger partial charge in [-0.25, -0.2) is 14.4 Å². The van der Waals surface area contributed by atoms with Gasteiger partial charge in [-0.2, -0.15) is 0 Å². The number of nitrogens with zero attached hydrogens (tertiary/aromatic N) is 3. The molecule has 0 saturated carbocycles. The molecule has 2 aromatic carbocycles. The van der Waals surface area contributed by atoms with Crippen LogP contribution in [0.4, 0.5) is 9.59 Å². The van der Waals surface area contributed by atoms with Gasteiger partial charge in [-0.1, -0.05) is 60.7 Å². The number of carbonyl (C=O) groups excluding carboxylic acids is 3. The van der Waals surface area contributed by atoms with E-state index in [-0.39, 0.29) is 19.1 Å². The van der Waals surface area contributed by atoms with E-state index in [0.717, 1.165) is 11.1 Å². The molecular formula is C26H31N3O6. The van der Waals surface area contributed by atoms with E-state index >= 15 is 0 Å². The largest absolute Gasteiger partial charge is 0.458 e. The molecule has 1 unspecified atom stereocenters. The molecule has 2 aliphatic rings. The minimum absolute atomic E-state index is 0.0345. The second-order valence-corrected chi connectivity index (χ2v) is 8.51. The topological polar surface area (TPSA) is 88.6 Å². The van der Waals surface area contributed by atoms with Crippen molar-refractivity contribution in [2.24, 2.45) is 0 Å². The summed E-state index contributed by atoms with van der Waals surface area (Å²) in [5, 5.41) is 0. The summed E-state index contributed by atoms with van der Waals surface area (Å²) in [5.41, 5.74) is 1.72. The number of urea groups is 1. The minimum atomic E-state index is -1.07. The molecule has 2 aliphatic heterocycles. The Bertz CT molecular complexity index is 973. The molecule has 1 atom stereocenters. The first-order valence-corrected chi connectivity index (χ1v) is 11.9. The van der Waals surface area contributed by atoms with Gasteiger partial charge in [0.2, 0.25) is 6.10 Å². The zero-order valence-electron chi connectivity index (χ0n) is 19.7. The van der Waals surface area contributed by atoms with Crippen LogP contribution in [0, 0.1) is 0 Å². The third-order valence-electron chi connectivity index (χ3n) is 6.08. The monoisotopic (exact) mass is 481 g/mol. The Morgan fingerprint density at radius 3 is 1.91 bits per heavy atom. The molecule has 9 nitrogen and oxygen atoms in total. The fourth-order valence-electron chi connectivity index (χ4n) is 4.05. The number of ether oxygens (including phenoxy) is 3. The molecule has 0 bridgehead atoms. The summed E-state index contributed by atoms with van der Waals surface area (Å²) < 4.78 is 16.4. The summed E-state index contributed by atoms with van der Waals surface area (Å²) in [6.45, 7) is 3.84. The summed E-state index contributed by atoms with van der Waals surface area (Å²) in [6.07, 6.45) is -1.43. The summed E-state index contributed by atoms with van der Waals surface area (Å²) in [7, 11) is 0. The Hall–Kier alpha value is -3.59. The van der Waals surface area contributed by atoms with Gasteiger partial charge in [0.15, 0.2) is 0 Å². The van der Waals surface area contributed by atoms with Crippen LogP contribution in [-0.4, -0.2) is 91.4 Å². The van der Waals surface area contributed by atoms with E-state index in [4.69, 9.17) is 14.2 Å². The smallest absolute Gasteiger partial charge is 0.410 e. The van der Waals surface area contributed by atoms with Crippen molar-refractivity contribution in [1.29, 1.82) is 0 Å². The first kappa shape index (κ1) is 24.5. The molecule has 186 valence electrons. The van der Waals surface area contributed by atoms with Crippen molar-refractivity contribution in [3.63, 3.8) is 0 Å². The fourth-order valence-corrected chi connectivity index (χ4v) is 4.05. The predicted octanol–water partition coefficient (Wildman–Crippen LogP) is 2.55. The number of rotatable bonds is 6. The van der Waals surface area contributed by atoms with Gasteiger partial charge in [0.05, 0.1) is 13.2 Å². The van der Waals surface area contributed by atoms with Gasteiger partial charge in [-0.05, 0) is 11.1 Å². The van der Waals surface area contributed by atoms with E-state index in [0.29, 0.717) is 52.5 Å². The summed E-state index contributed by atoms with van der Waals surface area (Å²) >= 11 is 0. The van der Waals surface area contributed by atoms with Crippen LogP contribution in [0.15, 0.2) is 60.7 Å². The first-order chi connectivity index (χ1) is 17.1. The molecule has 9 heteroatoms. The quantitative estimate of drug-likeness (QED) is 0.590. The van der Waals surface area contributed by atoms with Crippen molar-refractivity contribution in [3.8, 4) is 0 Å². The van der Waals surface area contributed by atoms with Crippen LogP contribution in [0.3, 0.4) is 0 Å². The van der Waals surface area contributed by atoms with Crippen LogP contribution in [0.2, 0.25) is 0 Å². The Labute approximate surface area is 205 Å². The molecule has 2 aromatic rings. The summed E-state index contributed by atoms with van der Waals surface area (Å²) in [4.78, 5) is 43.5. The maximum Gasteiger partial charge on any atom is 0.410 e. The van der Waals surface area contributed by atoms with Gasteiger partial charge < -0.3 is 28.9 Å². The van der Waals surface area contributed by atoms with Crippen LogP contribution >= 0.6 is 0 Å². The molecule has 4 rings (SSSR count). The van der Waals surface area contributed by atoms with Gasteiger partial charge in [-0.15, -0.1) is 0 Å². The van der Waals surface area contributed by atoms with Crippen LogP contribution in [0.5, 0.6) is 0 Å². The third-order valence-corrected chi connectivity index (χ3v) is 6.08. The maximum atomic E-state index is 12.9. The van der Waals surface area contributed by atoms with E-state index in [2.05, 4.69) is 0 Å². The summed E-state index contributed by atoms with van der Waals surface area (Å²) in [5.74, 6) is -0.591. The molecule has 35 heavy (non-hydrogen) atoms.